The lowest BCUT2D eigenvalue weighted by Gasteiger charge is -2.23. The minimum absolute atomic E-state index is 0.789. The zero-order chi connectivity index (χ0) is 11.0. The summed E-state index contributed by atoms with van der Waals surface area (Å²) in [5.41, 5.74) is 4.83. The minimum Gasteiger partial charge on any atom is -0.317 e. The lowest BCUT2D eigenvalue weighted by Crippen LogP contribution is -2.26. The van der Waals surface area contributed by atoms with E-state index >= 15 is 0 Å². The Morgan fingerprint density at radius 3 is 2.75 bits per heavy atom. The Morgan fingerprint density at radius 1 is 1.12 bits per heavy atom. The fourth-order valence-corrected chi connectivity index (χ4v) is 3.26. The van der Waals surface area contributed by atoms with Crippen molar-refractivity contribution in [3.05, 3.63) is 34.9 Å². The summed E-state index contributed by atoms with van der Waals surface area (Å²) in [6, 6.07) is 7.27. The van der Waals surface area contributed by atoms with Crippen molar-refractivity contribution in [2.24, 2.45) is 0 Å². The van der Waals surface area contributed by atoms with Gasteiger partial charge in [-0.2, -0.15) is 0 Å². The fraction of sp³-hybridized carbons (Fsp3) is 0.600. The average Bonchev–Trinajstić information content (AvgIpc) is 2.72. The van der Waals surface area contributed by atoms with Crippen LogP contribution in [-0.2, 0) is 6.42 Å². The van der Waals surface area contributed by atoms with Gasteiger partial charge in [0, 0.05) is 0 Å². The Hall–Kier alpha value is -0.820. The van der Waals surface area contributed by atoms with Gasteiger partial charge in [0.2, 0.25) is 0 Å². The largest absolute Gasteiger partial charge is 0.317 e. The first-order valence-electron chi connectivity index (χ1n) is 6.68. The van der Waals surface area contributed by atoms with Crippen molar-refractivity contribution in [3.8, 4) is 0 Å². The number of hydrogen-bond acceptors (Lipinski definition) is 1. The molecule has 1 aromatic carbocycles. The summed E-state index contributed by atoms with van der Waals surface area (Å²) in [6.07, 6.45) is 5.28. The Morgan fingerprint density at radius 2 is 1.94 bits per heavy atom. The van der Waals surface area contributed by atoms with Gasteiger partial charge in [0.1, 0.15) is 0 Å². The molecule has 0 bridgehead atoms. The third kappa shape index (κ3) is 1.78. The van der Waals surface area contributed by atoms with Crippen LogP contribution in [0.4, 0.5) is 0 Å². The van der Waals surface area contributed by atoms with Gasteiger partial charge in [0.15, 0.2) is 0 Å². The zero-order valence-corrected chi connectivity index (χ0v) is 10.1. The molecule has 1 heterocycles. The topological polar surface area (TPSA) is 12.0 Å². The molecule has 1 aliphatic carbocycles. The Kier molecular flexibility index (Phi) is 2.72. The van der Waals surface area contributed by atoms with Gasteiger partial charge in [-0.1, -0.05) is 25.1 Å². The van der Waals surface area contributed by atoms with Gasteiger partial charge in [-0.15, -0.1) is 0 Å². The summed E-state index contributed by atoms with van der Waals surface area (Å²) in [7, 11) is 0. The van der Waals surface area contributed by atoms with Crippen LogP contribution in [0.15, 0.2) is 18.2 Å². The van der Waals surface area contributed by atoms with Crippen LogP contribution in [0.3, 0.4) is 0 Å². The molecule has 0 saturated carbocycles. The summed E-state index contributed by atoms with van der Waals surface area (Å²) in [6.45, 7) is 4.74. The van der Waals surface area contributed by atoms with E-state index in [2.05, 4.69) is 30.4 Å². The van der Waals surface area contributed by atoms with Crippen molar-refractivity contribution in [2.75, 3.05) is 13.1 Å². The van der Waals surface area contributed by atoms with Crippen LogP contribution in [0.25, 0.3) is 0 Å². The molecule has 3 rings (SSSR count). The maximum atomic E-state index is 3.44. The van der Waals surface area contributed by atoms with Crippen LogP contribution in [0, 0.1) is 0 Å². The van der Waals surface area contributed by atoms with E-state index in [0.717, 1.165) is 11.8 Å². The maximum absolute atomic E-state index is 3.44. The van der Waals surface area contributed by atoms with E-state index in [0.29, 0.717) is 0 Å². The van der Waals surface area contributed by atoms with Gasteiger partial charge in [-0.05, 0) is 67.3 Å². The standard InChI is InChI=1S/C15H21N/c1-11-2-3-14-10-13(4-5-15(11)14)12-6-8-16-9-7-12/h4-5,10-12,16H,2-3,6-9H2,1H3. The van der Waals surface area contributed by atoms with Gasteiger partial charge < -0.3 is 5.32 Å². The highest BCUT2D eigenvalue weighted by atomic mass is 14.9. The molecule has 1 nitrogen and oxygen atoms in total. The van der Waals surface area contributed by atoms with Crippen LogP contribution in [0.1, 0.15) is 54.7 Å². The highest BCUT2D eigenvalue weighted by molar-refractivity contribution is 5.39. The number of nitrogens with one attached hydrogen (secondary N) is 1. The molecule has 1 heteroatoms. The summed E-state index contributed by atoms with van der Waals surface area (Å²) >= 11 is 0. The summed E-state index contributed by atoms with van der Waals surface area (Å²) in [5, 5.41) is 3.44. The number of fused-ring (bicyclic) bond motifs is 1. The number of piperidine rings is 1. The summed E-state index contributed by atoms with van der Waals surface area (Å²) in [4.78, 5) is 0. The van der Waals surface area contributed by atoms with Gasteiger partial charge in [-0.25, -0.2) is 0 Å². The first-order chi connectivity index (χ1) is 7.84. The van der Waals surface area contributed by atoms with Crippen molar-refractivity contribution < 1.29 is 0 Å². The molecule has 16 heavy (non-hydrogen) atoms. The molecule has 1 fully saturated rings. The first kappa shape index (κ1) is 10.3. The zero-order valence-electron chi connectivity index (χ0n) is 10.1. The van der Waals surface area contributed by atoms with Crippen molar-refractivity contribution in [1.82, 2.24) is 5.32 Å². The predicted octanol–water partition coefficient (Wildman–Crippen LogP) is 3.20. The van der Waals surface area contributed by atoms with Crippen LogP contribution < -0.4 is 5.32 Å². The lowest BCUT2D eigenvalue weighted by molar-refractivity contribution is 0.460. The SMILES string of the molecule is CC1CCc2cc(C3CCNCC3)ccc21. The smallest absolute Gasteiger partial charge is 0.00431 e. The molecular formula is C15H21N. The summed E-state index contributed by atoms with van der Waals surface area (Å²) < 4.78 is 0. The molecule has 0 spiro atoms. The molecule has 2 aliphatic rings. The average molecular weight is 215 g/mol. The Balaban J connectivity index is 1.86. The molecule has 0 aromatic heterocycles. The quantitative estimate of drug-likeness (QED) is 0.758. The second-order valence-corrected chi connectivity index (χ2v) is 5.42. The van der Waals surface area contributed by atoms with Crippen LogP contribution in [-0.4, -0.2) is 13.1 Å². The molecular weight excluding hydrogens is 194 g/mol. The molecule has 1 aromatic rings. The fourth-order valence-electron chi connectivity index (χ4n) is 3.26. The number of hydrogen-bond donors (Lipinski definition) is 1. The lowest BCUT2D eigenvalue weighted by atomic mass is 9.88. The van der Waals surface area contributed by atoms with Crippen molar-refractivity contribution in [2.45, 2.75) is 44.4 Å². The second kappa shape index (κ2) is 4.21. The van der Waals surface area contributed by atoms with Gasteiger partial charge >= 0.3 is 0 Å². The molecule has 0 amide bonds. The van der Waals surface area contributed by atoms with Gasteiger partial charge in [-0.3, -0.25) is 0 Å². The van der Waals surface area contributed by atoms with E-state index in [1.807, 2.05) is 0 Å². The van der Waals surface area contributed by atoms with E-state index < -0.39 is 0 Å². The molecule has 1 saturated heterocycles. The summed E-state index contributed by atoms with van der Waals surface area (Å²) in [5.74, 6) is 1.60. The molecule has 0 radical (unpaired) electrons. The van der Waals surface area contributed by atoms with E-state index in [4.69, 9.17) is 0 Å². The normalized spacial score (nSPS) is 25.7. The maximum Gasteiger partial charge on any atom is -0.00431 e. The van der Waals surface area contributed by atoms with Gasteiger partial charge in [0.05, 0.1) is 0 Å². The monoisotopic (exact) mass is 215 g/mol. The predicted molar refractivity (Wildman–Crippen MR) is 68.0 cm³/mol. The van der Waals surface area contributed by atoms with Crippen LogP contribution in [0.5, 0.6) is 0 Å². The number of rotatable bonds is 1. The first-order valence-corrected chi connectivity index (χ1v) is 6.68. The number of benzene rings is 1. The molecule has 1 aliphatic heterocycles. The van der Waals surface area contributed by atoms with Crippen LogP contribution >= 0.6 is 0 Å². The number of aryl methyl sites for hydroxylation is 1. The molecule has 86 valence electrons. The minimum atomic E-state index is 0.789. The van der Waals surface area contributed by atoms with E-state index in [1.54, 1.807) is 16.7 Å². The molecule has 1 unspecified atom stereocenters. The van der Waals surface area contributed by atoms with Crippen molar-refractivity contribution in [3.63, 3.8) is 0 Å². The Labute approximate surface area is 98.3 Å². The van der Waals surface area contributed by atoms with Crippen molar-refractivity contribution in [1.29, 1.82) is 0 Å². The highest BCUT2D eigenvalue weighted by Gasteiger charge is 2.21. The van der Waals surface area contributed by atoms with Crippen molar-refractivity contribution >= 4 is 0 Å². The Bertz CT molecular complexity index is 377. The van der Waals surface area contributed by atoms with E-state index in [9.17, 15) is 0 Å². The third-order valence-corrected chi connectivity index (χ3v) is 4.36. The van der Waals surface area contributed by atoms with Gasteiger partial charge in [0.25, 0.3) is 0 Å². The molecule has 1 N–H and O–H groups in total. The van der Waals surface area contributed by atoms with E-state index in [1.165, 1.54) is 38.8 Å². The molecule has 1 atom stereocenters. The van der Waals surface area contributed by atoms with Crippen LogP contribution in [0.2, 0.25) is 0 Å². The second-order valence-electron chi connectivity index (χ2n) is 5.42. The highest BCUT2D eigenvalue weighted by Crippen LogP contribution is 2.35. The third-order valence-electron chi connectivity index (χ3n) is 4.36. The van der Waals surface area contributed by atoms with E-state index in [-0.39, 0.29) is 0 Å².